The van der Waals surface area contributed by atoms with Crippen LogP contribution in [-0.2, 0) is 0 Å². The van der Waals surface area contributed by atoms with Gasteiger partial charge in [0.05, 0.1) is 6.61 Å². The summed E-state index contributed by atoms with van der Waals surface area (Å²) in [4.78, 5) is 8.31. The summed E-state index contributed by atoms with van der Waals surface area (Å²) < 4.78 is 0. The highest BCUT2D eigenvalue weighted by atomic mass is 32.2. The minimum atomic E-state index is -0.226. The maximum Gasteiger partial charge on any atom is 0.187 e. The van der Waals surface area contributed by atoms with E-state index in [1.807, 2.05) is 13.0 Å². The van der Waals surface area contributed by atoms with Crippen LogP contribution in [0.25, 0.3) is 0 Å². The van der Waals surface area contributed by atoms with Gasteiger partial charge in [-0.05, 0) is 19.4 Å². The van der Waals surface area contributed by atoms with Crippen molar-refractivity contribution < 1.29 is 5.11 Å². The molecular weight excluding hydrogens is 234 g/mol. The third kappa shape index (κ3) is 5.48. The van der Waals surface area contributed by atoms with Crippen molar-refractivity contribution in [3.63, 3.8) is 0 Å². The minimum Gasteiger partial charge on any atom is -0.394 e. The molecule has 0 saturated carbocycles. The van der Waals surface area contributed by atoms with Gasteiger partial charge in [-0.25, -0.2) is 9.97 Å². The van der Waals surface area contributed by atoms with Gasteiger partial charge in [-0.3, -0.25) is 0 Å². The number of nitrogens with one attached hydrogen (secondary N) is 1. The van der Waals surface area contributed by atoms with E-state index in [1.165, 1.54) is 0 Å². The first-order valence-corrected chi connectivity index (χ1v) is 6.83. The average molecular weight is 255 g/mol. The number of rotatable bonds is 7. The molecule has 1 unspecified atom stereocenters. The van der Waals surface area contributed by atoms with Crippen LogP contribution in [0.5, 0.6) is 0 Å². The maximum absolute atomic E-state index is 9.43. The van der Waals surface area contributed by atoms with E-state index in [-0.39, 0.29) is 12.1 Å². The highest BCUT2D eigenvalue weighted by Gasteiger charge is 2.23. The Morgan fingerprint density at radius 3 is 2.59 bits per heavy atom. The quantitative estimate of drug-likeness (QED) is 0.574. The highest BCUT2D eigenvalue weighted by Crippen LogP contribution is 2.18. The van der Waals surface area contributed by atoms with Gasteiger partial charge in [0, 0.05) is 29.7 Å². The molecule has 0 amide bonds. The Kier molecular flexibility index (Phi) is 5.88. The largest absolute Gasteiger partial charge is 0.394 e. The van der Waals surface area contributed by atoms with Crippen molar-refractivity contribution in [1.29, 1.82) is 0 Å². The van der Waals surface area contributed by atoms with E-state index in [2.05, 4.69) is 29.1 Å². The number of hydrogen-bond donors (Lipinski definition) is 2. The number of thioether (sulfide) groups is 1. The molecule has 0 saturated heterocycles. The van der Waals surface area contributed by atoms with E-state index in [4.69, 9.17) is 0 Å². The molecule has 0 spiro atoms. The molecule has 5 heteroatoms. The smallest absolute Gasteiger partial charge is 0.187 e. The van der Waals surface area contributed by atoms with Crippen LogP contribution in [-0.4, -0.2) is 39.0 Å². The van der Waals surface area contributed by atoms with Crippen LogP contribution in [0.15, 0.2) is 23.6 Å². The molecule has 1 aromatic heterocycles. The van der Waals surface area contributed by atoms with E-state index in [9.17, 15) is 5.11 Å². The SMILES string of the molecule is CC(C)NC(C)(CO)CCSc1ncccn1. The Morgan fingerprint density at radius 1 is 1.41 bits per heavy atom. The molecule has 0 bridgehead atoms. The third-order valence-corrected chi connectivity index (χ3v) is 3.29. The average Bonchev–Trinajstić information content (AvgIpc) is 2.29. The summed E-state index contributed by atoms with van der Waals surface area (Å²) in [7, 11) is 0. The van der Waals surface area contributed by atoms with Gasteiger partial charge in [0.2, 0.25) is 0 Å². The lowest BCUT2D eigenvalue weighted by Crippen LogP contribution is -2.49. The molecule has 96 valence electrons. The Bertz CT molecular complexity index is 321. The Hall–Kier alpha value is -0.650. The van der Waals surface area contributed by atoms with Gasteiger partial charge < -0.3 is 10.4 Å². The first-order chi connectivity index (χ1) is 8.06. The molecule has 17 heavy (non-hydrogen) atoms. The number of aliphatic hydroxyl groups excluding tert-OH is 1. The Labute approximate surface area is 107 Å². The molecular formula is C12H21N3OS. The van der Waals surface area contributed by atoms with Gasteiger partial charge in [-0.15, -0.1) is 0 Å². The van der Waals surface area contributed by atoms with Crippen LogP contribution >= 0.6 is 11.8 Å². The number of aliphatic hydroxyl groups is 1. The zero-order valence-corrected chi connectivity index (χ0v) is 11.5. The van der Waals surface area contributed by atoms with Crippen molar-refractivity contribution in [2.24, 2.45) is 0 Å². The third-order valence-electron chi connectivity index (χ3n) is 2.41. The van der Waals surface area contributed by atoms with Gasteiger partial charge in [0.25, 0.3) is 0 Å². The van der Waals surface area contributed by atoms with Crippen molar-refractivity contribution in [2.45, 2.75) is 43.9 Å². The minimum absolute atomic E-state index is 0.140. The molecule has 0 aromatic carbocycles. The standard InChI is InChI=1S/C12H21N3OS/c1-10(2)15-12(3,9-16)5-8-17-11-13-6-4-7-14-11/h4,6-7,10,15-16H,5,8-9H2,1-3H3. The van der Waals surface area contributed by atoms with E-state index in [0.29, 0.717) is 6.04 Å². The van der Waals surface area contributed by atoms with Gasteiger partial charge >= 0.3 is 0 Å². The summed E-state index contributed by atoms with van der Waals surface area (Å²) in [5.41, 5.74) is -0.226. The topological polar surface area (TPSA) is 58.0 Å². The number of aromatic nitrogens is 2. The fourth-order valence-electron chi connectivity index (χ4n) is 1.62. The summed E-state index contributed by atoms with van der Waals surface area (Å²) >= 11 is 1.62. The summed E-state index contributed by atoms with van der Waals surface area (Å²) in [6.45, 7) is 6.35. The van der Waals surface area contributed by atoms with Crippen LogP contribution in [0.3, 0.4) is 0 Å². The molecule has 0 aliphatic rings. The zero-order chi connectivity index (χ0) is 12.7. The van der Waals surface area contributed by atoms with E-state index in [0.717, 1.165) is 17.3 Å². The van der Waals surface area contributed by atoms with Crippen molar-refractivity contribution >= 4 is 11.8 Å². The Balaban J connectivity index is 2.38. The Morgan fingerprint density at radius 2 is 2.06 bits per heavy atom. The second-order valence-electron chi connectivity index (χ2n) is 4.65. The molecule has 1 atom stereocenters. The van der Waals surface area contributed by atoms with Crippen molar-refractivity contribution in [3.8, 4) is 0 Å². The van der Waals surface area contributed by atoms with Crippen molar-refractivity contribution in [3.05, 3.63) is 18.5 Å². The molecule has 4 nitrogen and oxygen atoms in total. The van der Waals surface area contributed by atoms with Crippen molar-refractivity contribution in [2.75, 3.05) is 12.4 Å². The fraction of sp³-hybridized carbons (Fsp3) is 0.667. The van der Waals surface area contributed by atoms with Gasteiger partial charge in [-0.2, -0.15) is 0 Å². The first-order valence-electron chi connectivity index (χ1n) is 5.84. The lowest BCUT2D eigenvalue weighted by Gasteiger charge is -2.31. The highest BCUT2D eigenvalue weighted by molar-refractivity contribution is 7.99. The predicted molar refractivity (Wildman–Crippen MR) is 71.1 cm³/mol. The second kappa shape index (κ2) is 6.93. The first kappa shape index (κ1) is 14.4. The number of hydrogen-bond acceptors (Lipinski definition) is 5. The maximum atomic E-state index is 9.43. The second-order valence-corrected chi connectivity index (χ2v) is 5.71. The van der Waals surface area contributed by atoms with E-state index >= 15 is 0 Å². The predicted octanol–water partition coefficient (Wildman–Crippen LogP) is 1.71. The van der Waals surface area contributed by atoms with E-state index < -0.39 is 0 Å². The molecule has 1 heterocycles. The van der Waals surface area contributed by atoms with Crippen LogP contribution < -0.4 is 5.32 Å². The fourth-order valence-corrected chi connectivity index (χ4v) is 2.63. The van der Waals surface area contributed by atoms with Crippen LogP contribution in [0.1, 0.15) is 27.2 Å². The molecule has 0 aliphatic carbocycles. The molecule has 0 radical (unpaired) electrons. The van der Waals surface area contributed by atoms with Gasteiger partial charge in [0.1, 0.15) is 0 Å². The summed E-state index contributed by atoms with van der Waals surface area (Å²) in [5, 5.41) is 13.6. The van der Waals surface area contributed by atoms with E-state index in [1.54, 1.807) is 24.2 Å². The molecule has 1 rings (SSSR count). The summed E-state index contributed by atoms with van der Waals surface area (Å²) in [6, 6.07) is 2.17. The molecule has 0 fully saturated rings. The monoisotopic (exact) mass is 255 g/mol. The summed E-state index contributed by atoms with van der Waals surface area (Å²) in [6.07, 6.45) is 4.37. The van der Waals surface area contributed by atoms with Gasteiger partial charge in [0.15, 0.2) is 5.16 Å². The molecule has 0 aliphatic heterocycles. The van der Waals surface area contributed by atoms with Crippen LogP contribution in [0, 0.1) is 0 Å². The molecule has 2 N–H and O–H groups in total. The van der Waals surface area contributed by atoms with Crippen LogP contribution in [0.2, 0.25) is 0 Å². The number of nitrogens with zero attached hydrogens (tertiary/aromatic N) is 2. The van der Waals surface area contributed by atoms with Crippen LogP contribution in [0.4, 0.5) is 0 Å². The zero-order valence-electron chi connectivity index (χ0n) is 10.7. The van der Waals surface area contributed by atoms with Crippen molar-refractivity contribution in [1.82, 2.24) is 15.3 Å². The lowest BCUT2D eigenvalue weighted by molar-refractivity contribution is 0.162. The summed E-state index contributed by atoms with van der Waals surface area (Å²) in [5.74, 6) is 0.890. The molecule has 1 aromatic rings. The lowest BCUT2D eigenvalue weighted by atomic mass is 9.99. The normalized spacial score (nSPS) is 14.9. The van der Waals surface area contributed by atoms with Gasteiger partial charge in [-0.1, -0.05) is 25.6 Å².